The normalized spacial score (nSPS) is 26.9. The lowest BCUT2D eigenvalue weighted by Crippen LogP contribution is -2.40. The van der Waals surface area contributed by atoms with Crippen LogP contribution in [0.2, 0.25) is 0 Å². The fourth-order valence-electron chi connectivity index (χ4n) is 3.49. The van der Waals surface area contributed by atoms with E-state index in [1.807, 2.05) is 24.3 Å². The highest BCUT2D eigenvalue weighted by molar-refractivity contribution is 5.27. The molecule has 0 amide bonds. The molecule has 2 fully saturated rings. The summed E-state index contributed by atoms with van der Waals surface area (Å²) < 4.78 is 5.64. The molecule has 1 heterocycles. The van der Waals surface area contributed by atoms with Crippen molar-refractivity contribution in [3.05, 3.63) is 29.8 Å². The zero-order valence-corrected chi connectivity index (χ0v) is 11.9. The Labute approximate surface area is 120 Å². The van der Waals surface area contributed by atoms with Crippen molar-refractivity contribution in [1.29, 1.82) is 0 Å². The molecule has 1 aromatic carbocycles. The summed E-state index contributed by atoms with van der Waals surface area (Å²) in [6.45, 7) is 2.80. The monoisotopic (exact) mass is 276 g/mol. The minimum atomic E-state index is -0.413. The minimum absolute atomic E-state index is 0.357. The fraction of sp³-hybridized carbons (Fsp3) is 0.625. The molecule has 1 aliphatic heterocycles. The maximum Gasteiger partial charge on any atom is 0.119 e. The van der Waals surface area contributed by atoms with E-state index in [4.69, 9.17) is 10.5 Å². The van der Waals surface area contributed by atoms with Gasteiger partial charge in [0.1, 0.15) is 18.5 Å². The Morgan fingerprint density at radius 2 is 2.10 bits per heavy atom. The van der Waals surface area contributed by atoms with E-state index in [-0.39, 0.29) is 0 Å². The van der Waals surface area contributed by atoms with E-state index in [0.29, 0.717) is 19.2 Å². The van der Waals surface area contributed by atoms with Crippen molar-refractivity contribution in [2.75, 3.05) is 19.7 Å². The lowest BCUT2D eigenvalue weighted by molar-refractivity contribution is 0.0573. The fourth-order valence-corrected chi connectivity index (χ4v) is 3.49. The Bertz CT molecular complexity index is 435. The van der Waals surface area contributed by atoms with Gasteiger partial charge in [0.25, 0.3) is 0 Å². The van der Waals surface area contributed by atoms with Crippen LogP contribution in [0.4, 0.5) is 0 Å². The van der Waals surface area contributed by atoms with Crippen LogP contribution in [-0.4, -0.2) is 41.8 Å². The summed E-state index contributed by atoms with van der Waals surface area (Å²) in [5.74, 6) is 1.67. The predicted octanol–water partition coefficient (Wildman–Crippen LogP) is 1.37. The van der Waals surface area contributed by atoms with Gasteiger partial charge in [-0.2, -0.15) is 0 Å². The van der Waals surface area contributed by atoms with Crippen molar-refractivity contribution < 1.29 is 9.84 Å². The summed E-state index contributed by atoms with van der Waals surface area (Å²) in [6, 6.07) is 8.44. The number of piperidine rings is 1. The second kappa shape index (κ2) is 6.12. The Morgan fingerprint density at radius 1 is 1.30 bits per heavy atom. The molecular formula is C16H24N2O2. The van der Waals surface area contributed by atoms with Gasteiger partial charge in [0.05, 0.1) is 0 Å². The highest BCUT2D eigenvalue weighted by Gasteiger charge is 2.38. The van der Waals surface area contributed by atoms with Gasteiger partial charge in [-0.15, -0.1) is 0 Å². The number of rotatable bonds is 6. The average molecular weight is 276 g/mol. The van der Waals surface area contributed by atoms with Gasteiger partial charge in [-0.1, -0.05) is 12.1 Å². The number of ether oxygens (including phenoxy) is 1. The number of aliphatic hydroxyl groups is 1. The SMILES string of the molecule is NCc1ccc(OCC(O)CN2CC3CCC2C3)cc1. The highest BCUT2D eigenvalue weighted by Crippen LogP contribution is 2.37. The van der Waals surface area contributed by atoms with Crippen molar-refractivity contribution in [3.63, 3.8) is 0 Å². The molecule has 110 valence electrons. The Kier molecular flexibility index (Phi) is 4.24. The van der Waals surface area contributed by atoms with Gasteiger partial charge in [0.2, 0.25) is 0 Å². The molecular weight excluding hydrogens is 252 g/mol. The molecule has 1 aromatic rings. The number of nitrogens with two attached hydrogens (primary N) is 1. The van der Waals surface area contributed by atoms with Gasteiger partial charge >= 0.3 is 0 Å². The number of hydrogen-bond acceptors (Lipinski definition) is 4. The van der Waals surface area contributed by atoms with E-state index >= 15 is 0 Å². The third-order valence-electron chi connectivity index (χ3n) is 4.57. The number of hydrogen-bond donors (Lipinski definition) is 2. The molecule has 1 saturated carbocycles. The minimum Gasteiger partial charge on any atom is -0.491 e. The first-order valence-electron chi connectivity index (χ1n) is 7.58. The second-order valence-corrected chi connectivity index (χ2v) is 6.10. The number of β-amino-alcohol motifs (C(OH)–C–C–N with tert-alkyl or cyclic N) is 1. The van der Waals surface area contributed by atoms with Crippen molar-refractivity contribution in [1.82, 2.24) is 4.90 Å². The van der Waals surface area contributed by atoms with Gasteiger partial charge in [0.15, 0.2) is 0 Å². The van der Waals surface area contributed by atoms with E-state index in [0.717, 1.165) is 30.3 Å². The summed E-state index contributed by atoms with van der Waals surface area (Å²) in [6.07, 6.45) is 3.59. The summed E-state index contributed by atoms with van der Waals surface area (Å²) in [5.41, 5.74) is 6.65. The van der Waals surface area contributed by atoms with Crippen LogP contribution in [0.15, 0.2) is 24.3 Å². The van der Waals surface area contributed by atoms with Crippen LogP contribution in [-0.2, 0) is 6.54 Å². The zero-order chi connectivity index (χ0) is 13.9. The lowest BCUT2D eigenvalue weighted by atomic mass is 10.1. The van der Waals surface area contributed by atoms with Crippen LogP contribution in [0.1, 0.15) is 24.8 Å². The van der Waals surface area contributed by atoms with E-state index in [2.05, 4.69) is 4.90 Å². The van der Waals surface area contributed by atoms with E-state index < -0.39 is 6.10 Å². The topological polar surface area (TPSA) is 58.7 Å². The standard InChI is InChI=1S/C16H24N2O2/c17-8-12-2-5-16(6-3-12)20-11-15(19)10-18-9-13-1-4-14(18)7-13/h2-3,5-6,13-15,19H,1,4,7-11,17H2. The molecule has 3 unspecified atom stereocenters. The summed E-state index contributed by atoms with van der Waals surface area (Å²) in [5, 5.41) is 10.1. The second-order valence-electron chi connectivity index (χ2n) is 6.10. The van der Waals surface area contributed by atoms with Crippen molar-refractivity contribution >= 4 is 0 Å². The first-order valence-corrected chi connectivity index (χ1v) is 7.58. The van der Waals surface area contributed by atoms with Gasteiger partial charge in [-0.05, 0) is 42.9 Å². The van der Waals surface area contributed by atoms with Crippen LogP contribution in [0.25, 0.3) is 0 Å². The number of fused-ring (bicyclic) bond motifs is 2. The molecule has 20 heavy (non-hydrogen) atoms. The molecule has 3 rings (SSSR count). The average Bonchev–Trinajstić information content (AvgIpc) is 3.08. The number of benzene rings is 1. The largest absolute Gasteiger partial charge is 0.491 e. The molecule has 3 atom stereocenters. The Balaban J connectivity index is 1.43. The van der Waals surface area contributed by atoms with E-state index in [1.54, 1.807) is 0 Å². The summed E-state index contributed by atoms with van der Waals surface area (Å²) in [7, 11) is 0. The van der Waals surface area contributed by atoms with Crippen LogP contribution in [0.3, 0.4) is 0 Å². The summed E-state index contributed by atoms with van der Waals surface area (Å²) in [4.78, 5) is 2.43. The van der Waals surface area contributed by atoms with Gasteiger partial charge in [0, 0.05) is 25.7 Å². The van der Waals surface area contributed by atoms with Crippen molar-refractivity contribution in [2.24, 2.45) is 11.7 Å². The van der Waals surface area contributed by atoms with Crippen LogP contribution in [0, 0.1) is 5.92 Å². The van der Waals surface area contributed by atoms with Crippen molar-refractivity contribution in [3.8, 4) is 5.75 Å². The molecule has 4 nitrogen and oxygen atoms in total. The van der Waals surface area contributed by atoms with E-state index in [1.165, 1.54) is 19.3 Å². The molecule has 3 N–H and O–H groups in total. The number of nitrogens with zero attached hydrogens (tertiary/aromatic N) is 1. The molecule has 4 heteroatoms. The first kappa shape index (κ1) is 13.9. The Hall–Kier alpha value is -1.10. The third kappa shape index (κ3) is 3.14. The molecule has 2 aliphatic rings. The highest BCUT2D eigenvalue weighted by atomic mass is 16.5. The Morgan fingerprint density at radius 3 is 2.70 bits per heavy atom. The maximum absolute atomic E-state index is 10.1. The van der Waals surface area contributed by atoms with Gasteiger partial charge < -0.3 is 15.6 Å². The van der Waals surface area contributed by atoms with Crippen LogP contribution < -0.4 is 10.5 Å². The quantitative estimate of drug-likeness (QED) is 0.824. The van der Waals surface area contributed by atoms with E-state index in [9.17, 15) is 5.11 Å². The molecule has 1 saturated heterocycles. The predicted molar refractivity (Wildman–Crippen MR) is 78.5 cm³/mol. The third-order valence-corrected chi connectivity index (χ3v) is 4.57. The number of likely N-dealkylation sites (tertiary alicyclic amines) is 1. The molecule has 0 radical (unpaired) electrons. The maximum atomic E-state index is 10.1. The van der Waals surface area contributed by atoms with Crippen LogP contribution in [0.5, 0.6) is 5.75 Å². The molecule has 0 spiro atoms. The smallest absolute Gasteiger partial charge is 0.119 e. The molecule has 0 aromatic heterocycles. The van der Waals surface area contributed by atoms with Gasteiger partial charge in [-0.25, -0.2) is 0 Å². The molecule has 1 aliphatic carbocycles. The van der Waals surface area contributed by atoms with Crippen molar-refractivity contribution in [2.45, 2.75) is 38.0 Å². The first-order chi connectivity index (χ1) is 9.74. The zero-order valence-electron chi connectivity index (χ0n) is 11.9. The lowest BCUT2D eigenvalue weighted by Gasteiger charge is -2.28. The number of aliphatic hydroxyl groups excluding tert-OH is 1. The molecule has 2 bridgehead atoms. The van der Waals surface area contributed by atoms with Gasteiger partial charge in [-0.3, -0.25) is 4.90 Å². The van der Waals surface area contributed by atoms with Crippen LogP contribution >= 0.6 is 0 Å². The summed E-state index contributed by atoms with van der Waals surface area (Å²) >= 11 is 0.